The van der Waals surface area contributed by atoms with E-state index in [-0.39, 0.29) is 5.91 Å². The fraction of sp³-hybridized carbons (Fsp3) is 0.182. The average Bonchev–Trinajstić information content (AvgIpc) is 3.11. The summed E-state index contributed by atoms with van der Waals surface area (Å²) in [5.41, 5.74) is 2.49. The SMILES string of the molecule is CC(=O)Nc1ccc(NC(=O)C(C)OC(=O)c2sc(-c3ccc(Cl)cc3)nc2C)cc1. The summed E-state index contributed by atoms with van der Waals surface area (Å²) in [7, 11) is 0. The molecule has 0 bridgehead atoms. The number of halogens is 1. The zero-order chi connectivity index (χ0) is 22.5. The van der Waals surface area contributed by atoms with Crippen LogP contribution in [0.4, 0.5) is 11.4 Å². The number of aromatic nitrogens is 1. The average molecular weight is 458 g/mol. The van der Waals surface area contributed by atoms with Crippen molar-refractivity contribution in [1.82, 2.24) is 4.98 Å². The Morgan fingerprint density at radius 1 is 1.00 bits per heavy atom. The van der Waals surface area contributed by atoms with Crippen LogP contribution in [-0.2, 0) is 14.3 Å². The molecule has 1 atom stereocenters. The molecule has 7 nitrogen and oxygen atoms in total. The van der Waals surface area contributed by atoms with Gasteiger partial charge in [-0.1, -0.05) is 23.7 Å². The number of hydrogen-bond acceptors (Lipinski definition) is 6. The minimum absolute atomic E-state index is 0.185. The molecule has 1 unspecified atom stereocenters. The molecule has 2 N–H and O–H groups in total. The highest BCUT2D eigenvalue weighted by Crippen LogP contribution is 2.29. The van der Waals surface area contributed by atoms with Crippen molar-refractivity contribution in [2.75, 3.05) is 10.6 Å². The number of hydrogen-bond donors (Lipinski definition) is 2. The molecular weight excluding hydrogens is 438 g/mol. The minimum atomic E-state index is -1.01. The molecule has 0 aliphatic rings. The lowest BCUT2D eigenvalue weighted by Crippen LogP contribution is -2.29. The first-order valence-electron chi connectivity index (χ1n) is 9.36. The Bertz CT molecular complexity index is 1110. The van der Waals surface area contributed by atoms with Crippen molar-refractivity contribution in [3.05, 3.63) is 64.1 Å². The number of anilines is 2. The summed E-state index contributed by atoms with van der Waals surface area (Å²) in [4.78, 5) is 40.8. The second-order valence-corrected chi connectivity index (χ2v) is 8.17. The van der Waals surface area contributed by atoms with Gasteiger partial charge in [0.15, 0.2) is 6.10 Å². The predicted molar refractivity (Wildman–Crippen MR) is 122 cm³/mol. The molecule has 160 valence electrons. The second kappa shape index (κ2) is 9.72. The molecule has 0 radical (unpaired) electrons. The number of nitrogens with one attached hydrogen (secondary N) is 2. The van der Waals surface area contributed by atoms with Crippen LogP contribution >= 0.6 is 22.9 Å². The Morgan fingerprint density at radius 2 is 1.58 bits per heavy atom. The smallest absolute Gasteiger partial charge is 0.351 e. The van der Waals surface area contributed by atoms with Gasteiger partial charge in [0.25, 0.3) is 5.91 Å². The van der Waals surface area contributed by atoms with Crippen LogP contribution in [0.25, 0.3) is 10.6 Å². The Kier molecular flexibility index (Phi) is 7.04. The number of rotatable bonds is 6. The van der Waals surface area contributed by atoms with E-state index in [1.807, 2.05) is 12.1 Å². The third-order valence-corrected chi connectivity index (χ3v) is 5.64. The molecular formula is C22H20ClN3O4S. The van der Waals surface area contributed by atoms with Crippen molar-refractivity contribution < 1.29 is 19.1 Å². The Balaban J connectivity index is 1.62. The van der Waals surface area contributed by atoms with Crippen molar-refractivity contribution in [2.24, 2.45) is 0 Å². The maximum atomic E-state index is 12.6. The number of carbonyl (C=O) groups excluding carboxylic acids is 3. The summed E-state index contributed by atoms with van der Waals surface area (Å²) in [6.45, 7) is 4.62. The van der Waals surface area contributed by atoms with Crippen LogP contribution in [0.1, 0.15) is 29.2 Å². The molecule has 0 fully saturated rings. The zero-order valence-electron chi connectivity index (χ0n) is 17.1. The highest BCUT2D eigenvalue weighted by Gasteiger charge is 2.23. The molecule has 1 heterocycles. The third-order valence-electron chi connectivity index (χ3n) is 4.20. The van der Waals surface area contributed by atoms with E-state index >= 15 is 0 Å². The fourth-order valence-electron chi connectivity index (χ4n) is 2.65. The van der Waals surface area contributed by atoms with Gasteiger partial charge in [0, 0.05) is 28.9 Å². The quantitative estimate of drug-likeness (QED) is 0.512. The van der Waals surface area contributed by atoms with Crippen molar-refractivity contribution in [1.29, 1.82) is 0 Å². The first kappa shape index (κ1) is 22.5. The molecule has 0 aliphatic heterocycles. The Labute approximate surface area is 188 Å². The topological polar surface area (TPSA) is 97.4 Å². The van der Waals surface area contributed by atoms with E-state index in [0.717, 1.165) is 5.56 Å². The lowest BCUT2D eigenvalue weighted by molar-refractivity contribution is -0.123. The normalized spacial score (nSPS) is 11.5. The molecule has 3 aromatic rings. The van der Waals surface area contributed by atoms with Gasteiger partial charge in [0.05, 0.1) is 5.69 Å². The number of benzene rings is 2. The molecule has 31 heavy (non-hydrogen) atoms. The molecule has 0 saturated carbocycles. The summed E-state index contributed by atoms with van der Waals surface area (Å²) in [6, 6.07) is 13.7. The van der Waals surface area contributed by atoms with E-state index in [1.54, 1.807) is 43.3 Å². The minimum Gasteiger partial charge on any atom is -0.448 e. The number of aryl methyl sites for hydroxylation is 1. The molecule has 3 rings (SSSR count). The van der Waals surface area contributed by atoms with Gasteiger partial charge < -0.3 is 15.4 Å². The number of carbonyl (C=O) groups is 3. The van der Waals surface area contributed by atoms with Crippen molar-refractivity contribution in [2.45, 2.75) is 26.9 Å². The monoisotopic (exact) mass is 457 g/mol. The van der Waals surface area contributed by atoms with E-state index in [4.69, 9.17) is 16.3 Å². The van der Waals surface area contributed by atoms with Crippen molar-refractivity contribution in [3.8, 4) is 10.6 Å². The maximum absolute atomic E-state index is 12.6. The summed E-state index contributed by atoms with van der Waals surface area (Å²) < 4.78 is 5.34. The first-order chi connectivity index (χ1) is 14.7. The summed E-state index contributed by atoms with van der Waals surface area (Å²) >= 11 is 7.11. The van der Waals surface area contributed by atoms with Gasteiger partial charge in [0.2, 0.25) is 5.91 Å². The summed E-state index contributed by atoms with van der Waals surface area (Å²) in [6.07, 6.45) is -1.01. The molecule has 0 spiro atoms. The fourth-order valence-corrected chi connectivity index (χ4v) is 3.73. The van der Waals surface area contributed by atoms with E-state index < -0.39 is 18.0 Å². The lowest BCUT2D eigenvalue weighted by atomic mass is 10.2. The number of amides is 2. The van der Waals surface area contributed by atoms with Gasteiger partial charge in [-0.25, -0.2) is 9.78 Å². The van der Waals surface area contributed by atoms with Crippen LogP contribution in [0, 0.1) is 6.92 Å². The summed E-state index contributed by atoms with van der Waals surface area (Å²) in [5.74, 6) is -1.27. The summed E-state index contributed by atoms with van der Waals surface area (Å²) in [5, 5.41) is 6.59. The number of nitrogens with zero attached hydrogens (tertiary/aromatic N) is 1. The Hall–Kier alpha value is -3.23. The number of ether oxygens (including phenoxy) is 1. The highest BCUT2D eigenvalue weighted by molar-refractivity contribution is 7.17. The van der Waals surface area contributed by atoms with Crippen molar-refractivity contribution in [3.63, 3.8) is 0 Å². The molecule has 0 aliphatic carbocycles. The number of thiazole rings is 1. The molecule has 0 saturated heterocycles. The van der Waals surface area contributed by atoms with Crippen LogP contribution in [0.15, 0.2) is 48.5 Å². The van der Waals surface area contributed by atoms with Crippen molar-refractivity contribution >= 4 is 52.1 Å². The zero-order valence-corrected chi connectivity index (χ0v) is 18.6. The van der Waals surface area contributed by atoms with Crippen LogP contribution in [0.5, 0.6) is 0 Å². The largest absolute Gasteiger partial charge is 0.448 e. The van der Waals surface area contributed by atoms with Crippen LogP contribution in [0.3, 0.4) is 0 Å². The standard InChI is InChI=1S/C22H20ClN3O4S/c1-12-19(31-21(24-12)15-4-6-16(23)7-5-15)22(29)30-13(2)20(28)26-18-10-8-17(9-11-18)25-14(3)27/h4-11,13H,1-3H3,(H,25,27)(H,26,28). The van der Waals surface area contributed by atoms with Gasteiger partial charge in [-0.05, 0) is 50.2 Å². The maximum Gasteiger partial charge on any atom is 0.351 e. The predicted octanol–water partition coefficient (Wildman–Crippen LogP) is 4.91. The molecule has 2 aromatic carbocycles. The van der Waals surface area contributed by atoms with Gasteiger partial charge in [-0.3, -0.25) is 9.59 Å². The van der Waals surface area contributed by atoms with Crippen LogP contribution < -0.4 is 10.6 Å². The molecule has 9 heteroatoms. The van der Waals surface area contributed by atoms with Gasteiger partial charge in [-0.2, -0.15) is 0 Å². The highest BCUT2D eigenvalue weighted by atomic mass is 35.5. The van der Waals surface area contributed by atoms with E-state index in [0.29, 0.717) is 32.0 Å². The van der Waals surface area contributed by atoms with E-state index in [2.05, 4.69) is 15.6 Å². The van der Waals surface area contributed by atoms with Crippen LogP contribution in [0.2, 0.25) is 5.02 Å². The van der Waals surface area contributed by atoms with Gasteiger partial charge in [-0.15, -0.1) is 11.3 Å². The third kappa shape index (κ3) is 5.90. The van der Waals surface area contributed by atoms with Gasteiger partial charge in [0.1, 0.15) is 9.88 Å². The molecule has 1 aromatic heterocycles. The number of esters is 1. The Morgan fingerprint density at radius 3 is 2.16 bits per heavy atom. The molecule has 2 amide bonds. The van der Waals surface area contributed by atoms with E-state index in [1.165, 1.54) is 25.2 Å². The lowest BCUT2D eigenvalue weighted by Gasteiger charge is -2.13. The van der Waals surface area contributed by atoms with E-state index in [9.17, 15) is 14.4 Å². The first-order valence-corrected chi connectivity index (χ1v) is 10.5. The van der Waals surface area contributed by atoms with Crippen LogP contribution in [-0.4, -0.2) is 28.9 Å². The second-order valence-electron chi connectivity index (χ2n) is 6.74. The van der Waals surface area contributed by atoms with Gasteiger partial charge >= 0.3 is 5.97 Å².